The fourth-order valence-electron chi connectivity index (χ4n) is 2.45. The number of amides is 1. The van der Waals surface area contributed by atoms with Gasteiger partial charge in [0.1, 0.15) is 0 Å². The first-order chi connectivity index (χ1) is 9.47. The third-order valence-corrected chi connectivity index (χ3v) is 3.63. The van der Waals surface area contributed by atoms with E-state index in [2.05, 4.69) is 10.1 Å². The van der Waals surface area contributed by atoms with Crippen LogP contribution in [0.5, 0.6) is 0 Å². The summed E-state index contributed by atoms with van der Waals surface area (Å²) in [5.41, 5.74) is 2.09. The number of likely N-dealkylation sites (tertiary alicyclic amines) is 1. The molecule has 0 aliphatic carbocycles. The van der Waals surface area contributed by atoms with Crippen LogP contribution in [0, 0.1) is 6.92 Å². The lowest BCUT2D eigenvalue weighted by atomic mass is 10.1. The predicted molar refractivity (Wildman–Crippen MR) is 74.6 cm³/mol. The zero-order valence-corrected chi connectivity index (χ0v) is 11.9. The van der Waals surface area contributed by atoms with Gasteiger partial charge < -0.3 is 10.0 Å². The molecule has 0 saturated carbocycles. The van der Waals surface area contributed by atoms with Crippen molar-refractivity contribution in [2.75, 3.05) is 13.1 Å². The van der Waals surface area contributed by atoms with Crippen LogP contribution >= 0.6 is 0 Å². The van der Waals surface area contributed by atoms with Crippen LogP contribution in [0.25, 0.3) is 11.0 Å². The summed E-state index contributed by atoms with van der Waals surface area (Å²) in [6.45, 7) is 6.73. The molecule has 0 unspecified atom stereocenters. The summed E-state index contributed by atoms with van der Waals surface area (Å²) < 4.78 is 1.85. The molecule has 20 heavy (non-hydrogen) atoms. The van der Waals surface area contributed by atoms with E-state index in [4.69, 9.17) is 0 Å². The number of carbonyl (C=O) groups excluding carboxylic acids is 1. The van der Waals surface area contributed by atoms with E-state index in [1.165, 1.54) is 0 Å². The lowest BCUT2D eigenvalue weighted by Crippen LogP contribution is -2.53. The zero-order valence-electron chi connectivity index (χ0n) is 11.9. The van der Waals surface area contributed by atoms with Crippen molar-refractivity contribution in [1.82, 2.24) is 19.7 Å². The summed E-state index contributed by atoms with van der Waals surface area (Å²) in [7, 11) is 0. The number of hydrogen-bond donors (Lipinski definition) is 1. The Morgan fingerprint density at radius 1 is 1.45 bits per heavy atom. The molecule has 1 amide bonds. The average Bonchev–Trinajstić information content (AvgIpc) is 2.76. The molecule has 2 aromatic rings. The topological polar surface area (TPSA) is 71.2 Å². The van der Waals surface area contributed by atoms with E-state index in [0.717, 1.165) is 11.0 Å². The number of β-amino-alcohol motifs (C(OH)–C–C–N with tert-alkyl or cyclic N) is 1. The van der Waals surface area contributed by atoms with E-state index in [-0.39, 0.29) is 18.1 Å². The molecule has 0 atom stereocenters. The van der Waals surface area contributed by atoms with E-state index in [1.54, 1.807) is 11.1 Å². The van der Waals surface area contributed by atoms with Gasteiger partial charge in [0.05, 0.1) is 23.6 Å². The van der Waals surface area contributed by atoms with Crippen molar-refractivity contribution >= 4 is 16.9 Å². The highest BCUT2D eigenvalue weighted by atomic mass is 16.3. The van der Waals surface area contributed by atoms with Gasteiger partial charge in [0, 0.05) is 24.5 Å². The molecule has 0 spiro atoms. The van der Waals surface area contributed by atoms with Crippen LogP contribution in [0.15, 0.2) is 12.3 Å². The average molecular weight is 274 g/mol. The number of carbonyl (C=O) groups is 1. The van der Waals surface area contributed by atoms with E-state index >= 15 is 0 Å². The fraction of sp³-hybridized carbons (Fsp3) is 0.500. The first kappa shape index (κ1) is 13.1. The van der Waals surface area contributed by atoms with Crippen LogP contribution in [0.1, 0.15) is 35.9 Å². The van der Waals surface area contributed by atoms with Crippen molar-refractivity contribution in [1.29, 1.82) is 0 Å². The van der Waals surface area contributed by atoms with Crippen molar-refractivity contribution in [3.05, 3.63) is 23.5 Å². The molecule has 3 heterocycles. The summed E-state index contributed by atoms with van der Waals surface area (Å²) in [5.74, 6) is -0.0699. The third kappa shape index (κ3) is 1.96. The molecule has 1 N–H and O–H groups in total. The monoisotopic (exact) mass is 274 g/mol. The molecule has 1 fully saturated rings. The second kappa shape index (κ2) is 4.56. The van der Waals surface area contributed by atoms with Crippen molar-refractivity contribution in [2.45, 2.75) is 32.9 Å². The normalized spacial score (nSPS) is 15.9. The number of pyridine rings is 1. The SMILES string of the molecule is Cc1nc2c(cnn2C(C)C)cc1C(=O)N1CC(O)C1. The van der Waals surface area contributed by atoms with Gasteiger partial charge in [0.25, 0.3) is 5.91 Å². The Hall–Kier alpha value is -1.95. The largest absolute Gasteiger partial charge is 0.389 e. The maximum absolute atomic E-state index is 12.3. The zero-order chi connectivity index (χ0) is 14.4. The number of aromatic nitrogens is 3. The van der Waals surface area contributed by atoms with Crippen molar-refractivity contribution in [3.63, 3.8) is 0 Å². The van der Waals surface area contributed by atoms with Gasteiger partial charge in [0.2, 0.25) is 0 Å². The quantitative estimate of drug-likeness (QED) is 0.891. The number of rotatable bonds is 2. The Balaban J connectivity index is 2.00. The summed E-state index contributed by atoms with van der Waals surface area (Å²) in [6.07, 6.45) is 1.35. The fourth-order valence-corrected chi connectivity index (χ4v) is 2.45. The maximum Gasteiger partial charge on any atom is 0.255 e. The minimum Gasteiger partial charge on any atom is -0.389 e. The van der Waals surface area contributed by atoms with Gasteiger partial charge in [-0.15, -0.1) is 0 Å². The summed E-state index contributed by atoms with van der Waals surface area (Å²) in [4.78, 5) is 18.5. The summed E-state index contributed by atoms with van der Waals surface area (Å²) >= 11 is 0. The number of aliphatic hydroxyl groups excluding tert-OH is 1. The van der Waals surface area contributed by atoms with Crippen LogP contribution in [0.2, 0.25) is 0 Å². The Morgan fingerprint density at radius 2 is 2.15 bits per heavy atom. The van der Waals surface area contributed by atoms with Crippen LogP contribution in [-0.4, -0.2) is 49.9 Å². The van der Waals surface area contributed by atoms with E-state index in [0.29, 0.717) is 24.3 Å². The molecule has 1 aliphatic heterocycles. The van der Waals surface area contributed by atoms with E-state index in [9.17, 15) is 9.90 Å². The minimum absolute atomic E-state index is 0.0699. The first-order valence-corrected chi connectivity index (χ1v) is 6.79. The number of aryl methyl sites for hydroxylation is 1. The number of nitrogens with zero attached hydrogens (tertiary/aromatic N) is 4. The highest BCUT2D eigenvalue weighted by molar-refractivity contribution is 5.98. The van der Waals surface area contributed by atoms with Crippen LogP contribution in [0.4, 0.5) is 0 Å². The molecule has 1 aliphatic rings. The van der Waals surface area contributed by atoms with Crippen LogP contribution < -0.4 is 0 Å². The molecule has 2 aromatic heterocycles. The lowest BCUT2D eigenvalue weighted by molar-refractivity contribution is 0.00582. The predicted octanol–water partition coefficient (Wildman–Crippen LogP) is 1.14. The second-order valence-electron chi connectivity index (χ2n) is 5.58. The summed E-state index contributed by atoms with van der Waals surface area (Å²) in [6, 6.07) is 2.07. The van der Waals surface area contributed by atoms with Gasteiger partial charge in [-0.2, -0.15) is 5.10 Å². The molecule has 0 radical (unpaired) electrons. The smallest absolute Gasteiger partial charge is 0.255 e. The Kier molecular flexibility index (Phi) is 2.97. The molecule has 0 bridgehead atoms. The molecule has 106 valence electrons. The Morgan fingerprint density at radius 3 is 2.75 bits per heavy atom. The second-order valence-corrected chi connectivity index (χ2v) is 5.58. The van der Waals surface area contributed by atoms with Crippen LogP contribution in [-0.2, 0) is 0 Å². The number of hydrogen-bond acceptors (Lipinski definition) is 4. The van der Waals surface area contributed by atoms with Crippen molar-refractivity contribution in [2.24, 2.45) is 0 Å². The maximum atomic E-state index is 12.3. The lowest BCUT2D eigenvalue weighted by Gasteiger charge is -2.36. The van der Waals surface area contributed by atoms with Gasteiger partial charge in [-0.05, 0) is 26.8 Å². The van der Waals surface area contributed by atoms with E-state index in [1.807, 2.05) is 31.5 Å². The molecule has 6 heteroatoms. The molecule has 3 rings (SSSR count). The third-order valence-electron chi connectivity index (χ3n) is 3.63. The van der Waals surface area contributed by atoms with Gasteiger partial charge in [0.15, 0.2) is 5.65 Å². The first-order valence-electron chi connectivity index (χ1n) is 6.79. The van der Waals surface area contributed by atoms with Gasteiger partial charge in [-0.3, -0.25) is 4.79 Å². The standard InChI is InChI=1S/C14H18N4O2/c1-8(2)18-13-10(5-15-18)4-12(9(3)16-13)14(20)17-6-11(19)7-17/h4-5,8,11,19H,6-7H2,1-3H3. The summed E-state index contributed by atoms with van der Waals surface area (Å²) in [5, 5.41) is 14.5. The van der Waals surface area contributed by atoms with Crippen LogP contribution in [0.3, 0.4) is 0 Å². The molecule has 1 saturated heterocycles. The van der Waals surface area contributed by atoms with Gasteiger partial charge >= 0.3 is 0 Å². The minimum atomic E-state index is -0.389. The molecule has 0 aromatic carbocycles. The molecular formula is C14H18N4O2. The Labute approximate surface area is 117 Å². The molecule has 6 nitrogen and oxygen atoms in total. The van der Waals surface area contributed by atoms with E-state index < -0.39 is 0 Å². The number of aliphatic hydroxyl groups is 1. The van der Waals surface area contributed by atoms with Gasteiger partial charge in [-0.1, -0.05) is 0 Å². The highest BCUT2D eigenvalue weighted by Gasteiger charge is 2.30. The highest BCUT2D eigenvalue weighted by Crippen LogP contribution is 2.21. The van der Waals surface area contributed by atoms with Crippen molar-refractivity contribution < 1.29 is 9.90 Å². The Bertz CT molecular complexity index is 671. The van der Waals surface area contributed by atoms with Crippen molar-refractivity contribution in [3.8, 4) is 0 Å². The number of fused-ring (bicyclic) bond motifs is 1. The van der Waals surface area contributed by atoms with Gasteiger partial charge in [-0.25, -0.2) is 9.67 Å². The molecular weight excluding hydrogens is 256 g/mol.